The van der Waals surface area contributed by atoms with Crippen LogP contribution in [0.25, 0.3) is 0 Å². The third kappa shape index (κ3) is 4.60. The summed E-state index contributed by atoms with van der Waals surface area (Å²) in [5.74, 6) is 0.924. The highest BCUT2D eigenvalue weighted by atomic mass is 32.2. The lowest BCUT2D eigenvalue weighted by atomic mass is 10.3. The zero-order chi connectivity index (χ0) is 19.9. The van der Waals surface area contributed by atoms with Gasteiger partial charge in [0.05, 0.1) is 5.25 Å². The van der Waals surface area contributed by atoms with E-state index in [9.17, 15) is 18.0 Å². The maximum absolute atomic E-state index is 12.5. The first-order valence-electron chi connectivity index (χ1n) is 9.08. The van der Waals surface area contributed by atoms with Gasteiger partial charge in [0.15, 0.2) is 5.16 Å². The molecule has 2 aliphatic carbocycles. The number of carbonyl (C=O) groups excluding carboxylic acids is 1. The predicted molar refractivity (Wildman–Crippen MR) is 97.3 cm³/mol. The minimum absolute atomic E-state index is 0.257. The molecule has 1 N–H and O–H groups in total. The molecule has 1 aromatic heterocycles. The summed E-state index contributed by atoms with van der Waals surface area (Å²) >= 11 is 1.35. The number of halogens is 3. The van der Waals surface area contributed by atoms with Crippen LogP contribution in [0.15, 0.2) is 29.4 Å². The number of nitrogens with zero attached hydrogens (tertiary/aromatic N) is 3. The van der Waals surface area contributed by atoms with Gasteiger partial charge in [-0.1, -0.05) is 11.8 Å². The van der Waals surface area contributed by atoms with E-state index >= 15 is 0 Å². The van der Waals surface area contributed by atoms with Gasteiger partial charge in [-0.05, 0) is 56.9 Å². The van der Waals surface area contributed by atoms with Crippen molar-refractivity contribution in [2.24, 2.45) is 0 Å². The molecule has 2 fully saturated rings. The Morgan fingerprint density at radius 1 is 1.21 bits per heavy atom. The van der Waals surface area contributed by atoms with Crippen molar-refractivity contribution < 1.29 is 22.7 Å². The Morgan fingerprint density at radius 2 is 1.89 bits per heavy atom. The van der Waals surface area contributed by atoms with Gasteiger partial charge in [0.2, 0.25) is 5.91 Å². The molecule has 28 heavy (non-hydrogen) atoms. The van der Waals surface area contributed by atoms with E-state index in [2.05, 4.69) is 24.8 Å². The molecule has 0 saturated heterocycles. The summed E-state index contributed by atoms with van der Waals surface area (Å²) in [4.78, 5) is 12.5. The number of aromatic nitrogens is 3. The Labute approximate surface area is 163 Å². The first-order chi connectivity index (χ1) is 13.3. The fourth-order valence-corrected chi connectivity index (χ4v) is 3.79. The van der Waals surface area contributed by atoms with Gasteiger partial charge >= 0.3 is 6.36 Å². The molecule has 1 amide bonds. The van der Waals surface area contributed by atoms with Gasteiger partial charge in [-0.3, -0.25) is 4.79 Å². The number of carbonyl (C=O) groups is 1. The highest BCUT2D eigenvalue weighted by molar-refractivity contribution is 8.00. The minimum atomic E-state index is -4.74. The molecule has 6 nitrogen and oxygen atoms in total. The smallest absolute Gasteiger partial charge is 0.406 e. The van der Waals surface area contributed by atoms with Crippen LogP contribution in [0.3, 0.4) is 0 Å². The van der Waals surface area contributed by atoms with Gasteiger partial charge < -0.3 is 14.6 Å². The predicted octanol–water partition coefficient (Wildman–Crippen LogP) is 4.51. The van der Waals surface area contributed by atoms with Crippen LogP contribution >= 0.6 is 11.8 Å². The largest absolute Gasteiger partial charge is 0.573 e. The zero-order valence-corrected chi connectivity index (χ0v) is 15.9. The third-order valence-corrected chi connectivity index (χ3v) is 5.61. The van der Waals surface area contributed by atoms with Gasteiger partial charge in [-0.2, -0.15) is 0 Å². The number of hydrogen-bond donors (Lipinski definition) is 1. The summed E-state index contributed by atoms with van der Waals surface area (Å²) < 4.78 is 42.6. The molecule has 0 spiro atoms. The van der Waals surface area contributed by atoms with Crippen molar-refractivity contribution in [2.45, 2.75) is 61.3 Å². The first kappa shape index (κ1) is 19.1. The minimum Gasteiger partial charge on any atom is -0.406 e. The van der Waals surface area contributed by atoms with Gasteiger partial charge in [-0.15, -0.1) is 23.4 Å². The molecule has 2 aromatic rings. The summed E-state index contributed by atoms with van der Waals surface area (Å²) in [5.41, 5.74) is 0.398. The number of anilines is 1. The third-order valence-electron chi connectivity index (χ3n) is 4.55. The molecule has 10 heteroatoms. The van der Waals surface area contributed by atoms with E-state index in [-0.39, 0.29) is 11.7 Å². The number of hydrogen-bond acceptors (Lipinski definition) is 5. The molecular formula is C18H19F3N4O2S. The van der Waals surface area contributed by atoms with Crippen molar-refractivity contribution >= 4 is 23.4 Å². The lowest BCUT2D eigenvalue weighted by Crippen LogP contribution is -2.23. The second kappa shape index (κ2) is 7.31. The number of amides is 1. The van der Waals surface area contributed by atoms with Crippen LogP contribution in [-0.4, -0.2) is 32.3 Å². The fourth-order valence-electron chi connectivity index (χ4n) is 2.86. The van der Waals surface area contributed by atoms with E-state index in [4.69, 9.17) is 0 Å². The molecule has 0 bridgehead atoms. The van der Waals surface area contributed by atoms with Gasteiger partial charge in [-0.25, -0.2) is 0 Å². The van der Waals surface area contributed by atoms with Crippen molar-refractivity contribution in [1.82, 2.24) is 14.8 Å². The average molecular weight is 412 g/mol. The number of benzene rings is 1. The average Bonchev–Trinajstić information content (AvgIpc) is 3.54. The highest BCUT2D eigenvalue weighted by Crippen LogP contribution is 2.46. The van der Waals surface area contributed by atoms with Crippen LogP contribution in [0, 0.1) is 0 Å². The van der Waals surface area contributed by atoms with Crippen LogP contribution in [0.1, 0.15) is 50.4 Å². The van der Waals surface area contributed by atoms with Crippen LogP contribution < -0.4 is 10.1 Å². The maximum Gasteiger partial charge on any atom is 0.573 e. The number of thioether (sulfide) groups is 1. The summed E-state index contributed by atoms with van der Waals surface area (Å²) in [6.07, 6.45) is -0.248. The van der Waals surface area contributed by atoms with Crippen LogP contribution in [0.4, 0.5) is 18.9 Å². The Morgan fingerprint density at radius 3 is 2.46 bits per heavy atom. The van der Waals surface area contributed by atoms with E-state index in [1.165, 1.54) is 23.9 Å². The van der Waals surface area contributed by atoms with Crippen LogP contribution in [0.2, 0.25) is 0 Å². The van der Waals surface area contributed by atoms with Gasteiger partial charge in [0.1, 0.15) is 11.6 Å². The lowest BCUT2D eigenvalue weighted by Gasteiger charge is -2.14. The quantitative estimate of drug-likeness (QED) is 0.678. The fraction of sp³-hybridized carbons (Fsp3) is 0.500. The van der Waals surface area contributed by atoms with Crippen LogP contribution in [0.5, 0.6) is 5.75 Å². The monoisotopic (exact) mass is 412 g/mol. The van der Waals surface area contributed by atoms with Crippen molar-refractivity contribution in [3.8, 4) is 5.75 Å². The van der Waals surface area contributed by atoms with E-state index in [0.717, 1.165) is 48.8 Å². The summed E-state index contributed by atoms with van der Waals surface area (Å²) in [7, 11) is 0. The number of rotatable bonds is 7. The molecule has 0 aliphatic heterocycles. The molecule has 2 aliphatic rings. The number of ether oxygens (including phenoxy) is 1. The van der Waals surface area contributed by atoms with Crippen molar-refractivity contribution in [3.05, 3.63) is 30.1 Å². The molecular weight excluding hydrogens is 393 g/mol. The summed E-state index contributed by atoms with van der Waals surface area (Å²) in [5, 5.41) is 11.6. The first-order valence-corrected chi connectivity index (χ1v) is 9.96. The Kier molecular flexibility index (Phi) is 4.98. The molecule has 1 heterocycles. The van der Waals surface area contributed by atoms with E-state index in [0.29, 0.717) is 17.6 Å². The van der Waals surface area contributed by atoms with Crippen molar-refractivity contribution in [3.63, 3.8) is 0 Å². The normalized spacial score (nSPS) is 18.0. The molecule has 150 valence electrons. The maximum atomic E-state index is 12.5. The summed E-state index contributed by atoms with van der Waals surface area (Å²) in [6, 6.07) is 5.49. The Hall–Kier alpha value is -2.23. The zero-order valence-electron chi connectivity index (χ0n) is 15.1. The summed E-state index contributed by atoms with van der Waals surface area (Å²) in [6.45, 7) is 1.77. The van der Waals surface area contributed by atoms with Crippen molar-refractivity contribution in [1.29, 1.82) is 0 Å². The molecule has 1 atom stereocenters. The Bertz CT molecular complexity index is 861. The standard InChI is InChI=1S/C18H19F3N4O2S/c1-10(16(26)22-12-4-8-14(9-5-12)27-18(19,20)21)28-17-24-23-15(11-2-3-11)25(17)13-6-7-13/h4-5,8-11,13H,2-3,6-7H2,1H3,(H,22,26)/t10-/m1/s1. The number of nitrogens with one attached hydrogen (secondary N) is 1. The molecule has 0 unspecified atom stereocenters. The number of alkyl halides is 3. The topological polar surface area (TPSA) is 69.0 Å². The molecule has 2 saturated carbocycles. The molecule has 0 radical (unpaired) electrons. The van der Waals surface area contributed by atoms with E-state index in [1.54, 1.807) is 6.92 Å². The molecule has 1 aromatic carbocycles. The van der Waals surface area contributed by atoms with Gasteiger partial charge in [0, 0.05) is 17.6 Å². The van der Waals surface area contributed by atoms with Crippen molar-refractivity contribution in [2.75, 3.05) is 5.32 Å². The lowest BCUT2D eigenvalue weighted by molar-refractivity contribution is -0.274. The van der Waals surface area contributed by atoms with E-state index < -0.39 is 11.6 Å². The van der Waals surface area contributed by atoms with Crippen LogP contribution in [-0.2, 0) is 4.79 Å². The van der Waals surface area contributed by atoms with E-state index in [1.807, 2.05) is 0 Å². The second-order valence-electron chi connectivity index (χ2n) is 7.04. The molecule has 4 rings (SSSR count). The van der Waals surface area contributed by atoms with Gasteiger partial charge in [0.25, 0.3) is 0 Å². The second-order valence-corrected chi connectivity index (χ2v) is 8.35. The Balaban J connectivity index is 1.38. The SMILES string of the molecule is C[C@@H](Sc1nnc(C2CC2)n1C1CC1)C(=O)Nc1ccc(OC(F)(F)F)cc1. The highest BCUT2D eigenvalue weighted by Gasteiger charge is 2.37.